The van der Waals surface area contributed by atoms with Crippen molar-refractivity contribution < 1.29 is 18.9 Å². The van der Waals surface area contributed by atoms with Gasteiger partial charge in [0.1, 0.15) is 10.8 Å². The minimum Gasteiger partial charge on any atom is -0.312 e. The molecule has 2 amide bonds. The molecule has 0 bridgehead atoms. The van der Waals surface area contributed by atoms with Gasteiger partial charge in [-0.15, -0.1) is 10.2 Å². The number of aromatic nitrogens is 2. The van der Waals surface area contributed by atoms with Crippen molar-refractivity contribution in [2.45, 2.75) is 12.3 Å². The van der Waals surface area contributed by atoms with Crippen LogP contribution in [-0.4, -0.2) is 33.5 Å². The van der Waals surface area contributed by atoms with E-state index in [0.717, 1.165) is 11.3 Å². The Morgan fingerprint density at radius 2 is 1.87 bits per heavy atom. The van der Waals surface area contributed by atoms with Crippen LogP contribution in [0.15, 0.2) is 48.5 Å². The number of nitrogens with zero attached hydrogens (tertiary/aromatic N) is 4. The predicted molar refractivity (Wildman–Crippen MR) is 107 cm³/mol. The molecule has 0 saturated carbocycles. The lowest BCUT2D eigenvalue weighted by atomic mass is 10.1. The number of benzene rings is 2. The summed E-state index contributed by atoms with van der Waals surface area (Å²) in [5.74, 6) is -1.13. The molecule has 1 aromatic heterocycles. The Morgan fingerprint density at radius 3 is 2.53 bits per heavy atom. The summed E-state index contributed by atoms with van der Waals surface area (Å²) in [6.07, 6.45) is 0.238. The number of non-ortho nitro benzene ring substituents is 1. The number of nitrogens with one attached hydrogen (secondary N) is 1. The molecule has 2 heterocycles. The summed E-state index contributed by atoms with van der Waals surface area (Å²) in [5.41, 5.74) is 0.748. The number of carbonyl (C=O) groups excluding carboxylic acids is 2. The Balaban J connectivity index is 1.42. The Morgan fingerprint density at radius 1 is 1.17 bits per heavy atom. The second-order valence-electron chi connectivity index (χ2n) is 6.59. The van der Waals surface area contributed by atoms with E-state index in [0.29, 0.717) is 17.2 Å². The van der Waals surface area contributed by atoms with Crippen molar-refractivity contribution in [2.24, 2.45) is 0 Å². The maximum Gasteiger partial charge on any atom is 0.269 e. The van der Waals surface area contributed by atoms with E-state index in [1.807, 2.05) is 0 Å². The highest BCUT2D eigenvalue weighted by molar-refractivity contribution is 7.15. The molecule has 1 fully saturated rings. The Kier molecular flexibility index (Phi) is 5.19. The van der Waals surface area contributed by atoms with Crippen LogP contribution in [0, 0.1) is 15.9 Å². The smallest absolute Gasteiger partial charge is 0.269 e. The lowest BCUT2D eigenvalue weighted by Crippen LogP contribution is -2.24. The second kappa shape index (κ2) is 7.95. The van der Waals surface area contributed by atoms with E-state index in [-0.39, 0.29) is 40.4 Å². The molecule has 1 aliphatic rings. The molecule has 0 radical (unpaired) electrons. The zero-order chi connectivity index (χ0) is 21.3. The van der Waals surface area contributed by atoms with Crippen molar-refractivity contribution in [2.75, 3.05) is 16.8 Å². The van der Waals surface area contributed by atoms with Crippen LogP contribution >= 0.6 is 11.3 Å². The van der Waals surface area contributed by atoms with E-state index in [1.54, 1.807) is 17.0 Å². The third-order valence-corrected chi connectivity index (χ3v) is 5.62. The van der Waals surface area contributed by atoms with E-state index >= 15 is 0 Å². The molecular weight excluding hydrogens is 413 g/mol. The van der Waals surface area contributed by atoms with Crippen molar-refractivity contribution in [3.05, 3.63) is 75.0 Å². The topological polar surface area (TPSA) is 118 Å². The van der Waals surface area contributed by atoms with Gasteiger partial charge in [-0.2, -0.15) is 0 Å². The highest BCUT2D eigenvalue weighted by atomic mass is 32.1. The number of nitro benzene ring substituents is 1. The van der Waals surface area contributed by atoms with Gasteiger partial charge in [-0.3, -0.25) is 25.0 Å². The molecule has 3 aromatic rings. The van der Waals surface area contributed by atoms with Gasteiger partial charge in [0.25, 0.3) is 11.6 Å². The number of halogens is 1. The summed E-state index contributed by atoms with van der Waals surface area (Å²) in [6.45, 7) is 0.384. The van der Waals surface area contributed by atoms with Crippen LogP contribution in [-0.2, 0) is 4.79 Å². The summed E-state index contributed by atoms with van der Waals surface area (Å²) in [5, 5.41) is 22.2. The molecule has 1 saturated heterocycles. The van der Waals surface area contributed by atoms with Gasteiger partial charge in [-0.25, -0.2) is 4.39 Å². The highest BCUT2D eigenvalue weighted by Gasteiger charge is 2.34. The number of anilines is 2. The maximum atomic E-state index is 13.1. The number of amides is 2. The quantitative estimate of drug-likeness (QED) is 0.493. The third-order valence-electron chi connectivity index (χ3n) is 4.61. The summed E-state index contributed by atoms with van der Waals surface area (Å²) >= 11 is 1.16. The molecule has 0 spiro atoms. The lowest BCUT2D eigenvalue weighted by Gasteiger charge is -2.16. The first-order chi connectivity index (χ1) is 14.4. The van der Waals surface area contributed by atoms with Gasteiger partial charge in [0, 0.05) is 42.3 Å². The van der Waals surface area contributed by atoms with Crippen LogP contribution < -0.4 is 10.2 Å². The van der Waals surface area contributed by atoms with E-state index in [1.165, 1.54) is 36.4 Å². The fraction of sp³-hybridized carbons (Fsp3) is 0.158. The Labute approximate surface area is 173 Å². The highest BCUT2D eigenvalue weighted by Crippen LogP contribution is 2.34. The lowest BCUT2D eigenvalue weighted by molar-refractivity contribution is -0.384. The fourth-order valence-corrected chi connectivity index (χ4v) is 3.93. The van der Waals surface area contributed by atoms with Gasteiger partial charge in [-0.05, 0) is 36.4 Å². The Hall–Kier alpha value is -3.73. The molecule has 11 heteroatoms. The summed E-state index contributed by atoms with van der Waals surface area (Å²) in [4.78, 5) is 36.4. The van der Waals surface area contributed by atoms with Crippen LogP contribution in [0.5, 0.6) is 0 Å². The van der Waals surface area contributed by atoms with E-state index in [4.69, 9.17) is 0 Å². The summed E-state index contributed by atoms with van der Waals surface area (Å²) < 4.78 is 13.1. The van der Waals surface area contributed by atoms with Crippen molar-refractivity contribution >= 4 is 39.7 Å². The number of hydrogen-bond acceptors (Lipinski definition) is 7. The molecular formula is C19H14FN5O4S. The first kappa shape index (κ1) is 19.6. The molecule has 9 nitrogen and oxygen atoms in total. The largest absolute Gasteiger partial charge is 0.312 e. The van der Waals surface area contributed by atoms with Crippen LogP contribution in [0.3, 0.4) is 0 Å². The molecule has 1 atom stereocenters. The van der Waals surface area contributed by atoms with Crippen LogP contribution in [0.1, 0.15) is 27.7 Å². The van der Waals surface area contributed by atoms with E-state index in [9.17, 15) is 24.1 Å². The molecule has 4 rings (SSSR count). The van der Waals surface area contributed by atoms with Crippen LogP contribution in [0.25, 0.3) is 0 Å². The van der Waals surface area contributed by atoms with Gasteiger partial charge in [0.2, 0.25) is 11.0 Å². The average molecular weight is 427 g/mol. The second-order valence-corrected chi connectivity index (χ2v) is 7.59. The fourth-order valence-electron chi connectivity index (χ4n) is 3.10. The monoisotopic (exact) mass is 427 g/mol. The number of carbonyl (C=O) groups is 2. The SMILES string of the molecule is O=C(Nc1nnc(C2CC(=O)N(c3ccc(F)cc3)C2)s1)c1ccc([N+](=O)[O-])cc1. The predicted octanol–water partition coefficient (Wildman–Crippen LogP) is 3.36. The average Bonchev–Trinajstić information content (AvgIpc) is 3.35. The summed E-state index contributed by atoms with van der Waals surface area (Å²) in [6, 6.07) is 10.9. The van der Waals surface area contributed by atoms with Gasteiger partial charge in [0.15, 0.2) is 0 Å². The summed E-state index contributed by atoms with van der Waals surface area (Å²) in [7, 11) is 0. The van der Waals surface area contributed by atoms with Gasteiger partial charge in [0.05, 0.1) is 4.92 Å². The molecule has 30 heavy (non-hydrogen) atoms. The van der Waals surface area contributed by atoms with Crippen molar-refractivity contribution in [3.8, 4) is 0 Å². The number of hydrogen-bond donors (Lipinski definition) is 1. The van der Waals surface area contributed by atoms with Gasteiger partial charge in [-0.1, -0.05) is 11.3 Å². The first-order valence-electron chi connectivity index (χ1n) is 8.86. The normalized spacial score (nSPS) is 16.0. The van der Waals surface area contributed by atoms with E-state index < -0.39 is 10.8 Å². The third kappa shape index (κ3) is 4.01. The Bertz CT molecular complexity index is 1120. The standard InChI is InChI=1S/C19H14FN5O4S/c20-13-3-7-14(8-4-13)24-10-12(9-16(24)26)18-22-23-19(30-18)21-17(27)11-1-5-15(6-2-11)25(28)29/h1-8,12H,9-10H2,(H,21,23,27). The van der Waals surface area contributed by atoms with Gasteiger partial charge < -0.3 is 4.90 Å². The van der Waals surface area contributed by atoms with Crippen LogP contribution in [0.4, 0.5) is 20.9 Å². The first-order valence-corrected chi connectivity index (χ1v) is 9.67. The zero-order valence-corrected chi connectivity index (χ0v) is 16.1. The number of nitro groups is 1. The molecule has 1 N–H and O–H groups in total. The van der Waals surface area contributed by atoms with E-state index in [2.05, 4.69) is 15.5 Å². The zero-order valence-electron chi connectivity index (χ0n) is 15.3. The van der Waals surface area contributed by atoms with Gasteiger partial charge >= 0.3 is 0 Å². The number of rotatable bonds is 5. The van der Waals surface area contributed by atoms with Crippen molar-refractivity contribution in [1.82, 2.24) is 10.2 Å². The molecule has 152 valence electrons. The minimum atomic E-state index is -0.545. The van der Waals surface area contributed by atoms with Crippen molar-refractivity contribution in [3.63, 3.8) is 0 Å². The van der Waals surface area contributed by atoms with Crippen molar-refractivity contribution in [1.29, 1.82) is 0 Å². The molecule has 1 aliphatic heterocycles. The molecule has 1 unspecified atom stereocenters. The maximum absolute atomic E-state index is 13.1. The minimum absolute atomic E-state index is 0.0988. The van der Waals surface area contributed by atoms with Crippen LogP contribution in [0.2, 0.25) is 0 Å². The molecule has 0 aliphatic carbocycles. The molecule has 2 aromatic carbocycles.